The standard InChI is InChI=1S/C25H23FN2O2/c1-29-23-12-7-18(8-13-23)6-11-21-17-25(19-9-14-24(30-2)15-10-19)28(27-21)22-5-3-4-20(26)16-22/h3-16,25H,17H2,1-2H3/b11-6-/t25-/m0/s1. The monoisotopic (exact) mass is 402 g/mol. The third-order valence-corrected chi connectivity index (χ3v) is 5.09. The first-order valence-electron chi connectivity index (χ1n) is 9.74. The lowest BCUT2D eigenvalue weighted by atomic mass is 10.0. The van der Waals surface area contributed by atoms with Gasteiger partial charge < -0.3 is 9.47 Å². The van der Waals surface area contributed by atoms with Crippen molar-refractivity contribution < 1.29 is 13.9 Å². The number of ether oxygens (including phenoxy) is 2. The third-order valence-electron chi connectivity index (χ3n) is 5.09. The molecule has 1 aliphatic rings. The van der Waals surface area contributed by atoms with Crippen LogP contribution in [0.4, 0.5) is 10.1 Å². The zero-order valence-electron chi connectivity index (χ0n) is 17.0. The molecule has 0 saturated carbocycles. The van der Waals surface area contributed by atoms with E-state index in [-0.39, 0.29) is 11.9 Å². The van der Waals surface area contributed by atoms with Crippen LogP contribution in [0.2, 0.25) is 0 Å². The molecule has 3 aromatic rings. The topological polar surface area (TPSA) is 34.1 Å². The van der Waals surface area contributed by atoms with Gasteiger partial charge in [0.05, 0.1) is 31.7 Å². The summed E-state index contributed by atoms with van der Waals surface area (Å²) < 4.78 is 24.3. The van der Waals surface area contributed by atoms with Crippen LogP contribution in [0.1, 0.15) is 23.6 Å². The van der Waals surface area contributed by atoms with Crippen LogP contribution >= 0.6 is 0 Å². The highest BCUT2D eigenvalue weighted by Gasteiger charge is 2.28. The predicted octanol–water partition coefficient (Wildman–Crippen LogP) is 5.86. The largest absolute Gasteiger partial charge is 0.497 e. The second-order valence-electron chi connectivity index (χ2n) is 7.02. The Morgan fingerprint density at radius 1 is 0.900 bits per heavy atom. The average Bonchev–Trinajstić information content (AvgIpc) is 3.22. The molecule has 0 aliphatic carbocycles. The number of hydrazone groups is 1. The van der Waals surface area contributed by atoms with E-state index in [0.717, 1.165) is 40.4 Å². The first-order valence-corrected chi connectivity index (χ1v) is 9.74. The Labute approximate surface area is 175 Å². The molecular formula is C25H23FN2O2. The molecule has 5 heteroatoms. The van der Waals surface area contributed by atoms with Crippen LogP contribution < -0.4 is 14.5 Å². The fourth-order valence-corrected chi connectivity index (χ4v) is 3.48. The Morgan fingerprint density at radius 3 is 2.20 bits per heavy atom. The number of halogens is 1. The molecule has 0 saturated heterocycles. The fourth-order valence-electron chi connectivity index (χ4n) is 3.48. The molecule has 0 spiro atoms. The van der Waals surface area contributed by atoms with Crippen LogP contribution in [0, 0.1) is 5.82 Å². The van der Waals surface area contributed by atoms with Gasteiger partial charge in [-0.1, -0.05) is 36.4 Å². The van der Waals surface area contributed by atoms with E-state index < -0.39 is 0 Å². The summed E-state index contributed by atoms with van der Waals surface area (Å²) in [7, 11) is 3.30. The van der Waals surface area contributed by atoms with E-state index in [9.17, 15) is 4.39 Å². The van der Waals surface area contributed by atoms with E-state index in [1.807, 2.05) is 71.8 Å². The maximum atomic E-state index is 13.9. The molecule has 4 rings (SSSR count). The van der Waals surface area contributed by atoms with Crippen molar-refractivity contribution in [1.29, 1.82) is 0 Å². The summed E-state index contributed by atoms with van der Waals surface area (Å²) in [6.45, 7) is 0. The summed E-state index contributed by atoms with van der Waals surface area (Å²) in [5.41, 5.74) is 3.81. The van der Waals surface area contributed by atoms with Gasteiger partial charge in [0, 0.05) is 6.42 Å². The lowest BCUT2D eigenvalue weighted by molar-refractivity contribution is 0.414. The van der Waals surface area contributed by atoms with Crippen molar-refractivity contribution in [2.45, 2.75) is 12.5 Å². The Kier molecular flexibility index (Phi) is 5.80. The summed E-state index contributed by atoms with van der Waals surface area (Å²) in [4.78, 5) is 0. The molecule has 1 atom stereocenters. The van der Waals surface area contributed by atoms with E-state index >= 15 is 0 Å². The van der Waals surface area contributed by atoms with Crippen LogP contribution in [0.5, 0.6) is 11.5 Å². The van der Waals surface area contributed by atoms with Gasteiger partial charge >= 0.3 is 0 Å². The lowest BCUT2D eigenvalue weighted by Crippen LogP contribution is -2.18. The summed E-state index contributed by atoms with van der Waals surface area (Å²) in [5, 5.41) is 6.68. The molecule has 152 valence electrons. The minimum atomic E-state index is -0.279. The summed E-state index contributed by atoms with van der Waals surface area (Å²) >= 11 is 0. The van der Waals surface area contributed by atoms with Gasteiger partial charge in [0.15, 0.2) is 0 Å². The number of rotatable bonds is 6. The van der Waals surface area contributed by atoms with Crippen LogP contribution in [-0.2, 0) is 0 Å². The highest BCUT2D eigenvalue weighted by molar-refractivity contribution is 6.01. The molecule has 30 heavy (non-hydrogen) atoms. The van der Waals surface area contributed by atoms with Gasteiger partial charge in [0.25, 0.3) is 0 Å². The second kappa shape index (κ2) is 8.82. The SMILES string of the molecule is COc1ccc(/C=C\C2=NN(c3cccc(F)c3)[C@H](c3ccc(OC)cc3)C2)cc1. The van der Waals surface area contributed by atoms with Crippen molar-refractivity contribution in [2.24, 2.45) is 5.10 Å². The number of allylic oxidation sites excluding steroid dienone is 1. The van der Waals surface area contributed by atoms with Crippen LogP contribution in [0.3, 0.4) is 0 Å². The van der Waals surface area contributed by atoms with Crippen LogP contribution in [-0.4, -0.2) is 19.9 Å². The first-order chi connectivity index (χ1) is 14.7. The minimum Gasteiger partial charge on any atom is -0.497 e. The molecule has 0 fully saturated rings. The first kappa shape index (κ1) is 19.7. The highest BCUT2D eigenvalue weighted by Crippen LogP contribution is 2.36. The van der Waals surface area contributed by atoms with Crippen molar-refractivity contribution in [3.8, 4) is 11.5 Å². The van der Waals surface area contributed by atoms with E-state index in [0.29, 0.717) is 0 Å². The molecule has 1 aliphatic heterocycles. The summed E-state index contributed by atoms with van der Waals surface area (Å²) in [5.74, 6) is 1.34. The zero-order chi connectivity index (χ0) is 20.9. The van der Waals surface area contributed by atoms with Crippen molar-refractivity contribution in [3.05, 3.63) is 95.8 Å². The molecule has 0 amide bonds. The highest BCUT2D eigenvalue weighted by atomic mass is 19.1. The number of hydrogen-bond acceptors (Lipinski definition) is 4. The Morgan fingerprint density at radius 2 is 1.57 bits per heavy atom. The number of nitrogens with zero attached hydrogens (tertiary/aromatic N) is 2. The van der Waals surface area contributed by atoms with Gasteiger partial charge in [0.1, 0.15) is 17.3 Å². The molecular weight excluding hydrogens is 379 g/mol. The Balaban J connectivity index is 1.62. The van der Waals surface area contributed by atoms with Gasteiger partial charge in [-0.2, -0.15) is 5.10 Å². The van der Waals surface area contributed by atoms with Crippen molar-refractivity contribution in [2.75, 3.05) is 19.2 Å². The predicted molar refractivity (Wildman–Crippen MR) is 119 cm³/mol. The van der Waals surface area contributed by atoms with E-state index in [2.05, 4.69) is 0 Å². The summed E-state index contributed by atoms with van der Waals surface area (Å²) in [6.07, 6.45) is 4.76. The molecule has 0 radical (unpaired) electrons. The second-order valence-corrected chi connectivity index (χ2v) is 7.02. The quantitative estimate of drug-likeness (QED) is 0.518. The smallest absolute Gasteiger partial charge is 0.125 e. The summed E-state index contributed by atoms with van der Waals surface area (Å²) in [6, 6.07) is 22.3. The van der Waals surface area contributed by atoms with Gasteiger partial charge in [-0.15, -0.1) is 0 Å². The van der Waals surface area contributed by atoms with Crippen molar-refractivity contribution in [3.63, 3.8) is 0 Å². The third kappa shape index (κ3) is 4.35. The van der Waals surface area contributed by atoms with Crippen LogP contribution in [0.25, 0.3) is 6.08 Å². The van der Waals surface area contributed by atoms with Gasteiger partial charge in [-0.05, 0) is 59.7 Å². The molecule has 3 aromatic carbocycles. The number of methoxy groups -OCH3 is 2. The minimum absolute atomic E-state index is 0.0202. The normalized spacial score (nSPS) is 16.0. The molecule has 4 nitrogen and oxygen atoms in total. The zero-order valence-corrected chi connectivity index (χ0v) is 17.0. The lowest BCUT2D eigenvalue weighted by Gasteiger charge is -2.24. The van der Waals surface area contributed by atoms with E-state index in [1.54, 1.807) is 20.3 Å². The fraction of sp³-hybridized carbons (Fsp3) is 0.160. The number of benzene rings is 3. The van der Waals surface area contributed by atoms with Crippen LogP contribution in [0.15, 0.2) is 84.0 Å². The number of anilines is 1. The van der Waals surface area contributed by atoms with Crippen molar-refractivity contribution >= 4 is 17.5 Å². The molecule has 0 bridgehead atoms. The Hall–Kier alpha value is -3.60. The van der Waals surface area contributed by atoms with Gasteiger partial charge in [0.2, 0.25) is 0 Å². The molecule has 0 N–H and O–H groups in total. The van der Waals surface area contributed by atoms with Crippen molar-refractivity contribution in [1.82, 2.24) is 0 Å². The maximum Gasteiger partial charge on any atom is 0.125 e. The maximum absolute atomic E-state index is 13.9. The molecule has 1 heterocycles. The average molecular weight is 402 g/mol. The van der Waals surface area contributed by atoms with E-state index in [1.165, 1.54) is 12.1 Å². The van der Waals surface area contributed by atoms with E-state index in [4.69, 9.17) is 14.6 Å². The molecule has 0 aromatic heterocycles. The van der Waals surface area contributed by atoms with Gasteiger partial charge in [-0.25, -0.2) is 4.39 Å². The number of hydrogen-bond donors (Lipinski definition) is 0. The van der Waals surface area contributed by atoms with Gasteiger partial charge in [-0.3, -0.25) is 5.01 Å². The molecule has 0 unspecified atom stereocenters. The Bertz CT molecular complexity index is 1060.